The summed E-state index contributed by atoms with van der Waals surface area (Å²) < 4.78 is 5.26. The quantitative estimate of drug-likeness (QED) is 0.794. The summed E-state index contributed by atoms with van der Waals surface area (Å²) in [5.74, 6) is 1.04. The molecule has 0 bridgehead atoms. The van der Waals surface area contributed by atoms with Crippen molar-refractivity contribution in [1.82, 2.24) is 4.90 Å². The van der Waals surface area contributed by atoms with Gasteiger partial charge >= 0.3 is 6.09 Å². The normalized spacial score (nSPS) is 14.6. The second-order valence-corrected chi connectivity index (χ2v) is 4.51. The molecule has 1 aromatic carbocycles. The predicted octanol–water partition coefficient (Wildman–Crippen LogP) is 3.60. The van der Waals surface area contributed by atoms with E-state index in [0.29, 0.717) is 18.2 Å². The molecule has 0 N–H and O–H groups in total. The van der Waals surface area contributed by atoms with Crippen LogP contribution in [-0.2, 0) is 0 Å². The molecular weight excluding hydrogens is 226 g/mol. The molecular formula is C15H17NO2. The zero-order valence-electron chi connectivity index (χ0n) is 10.7. The van der Waals surface area contributed by atoms with Crippen molar-refractivity contribution in [2.75, 3.05) is 6.54 Å². The van der Waals surface area contributed by atoms with Crippen LogP contribution in [0.1, 0.15) is 13.8 Å². The Balaban J connectivity index is 1.95. The number of para-hydroxylation sites is 1. The lowest BCUT2D eigenvalue weighted by Crippen LogP contribution is -2.30. The van der Waals surface area contributed by atoms with Crippen molar-refractivity contribution < 1.29 is 9.53 Å². The van der Waals surface area contributed by atoms with Gasteiger partial charge in [0.2, 0.25) is 0 Å². The van der Waals surface area contributed by atoms with Crippen LogP contribution in [0.4, 0.5) is 4.79 Å². The highest BCUT2D eigenvalue weighted by atomic mass is 16.6. The zero-order chi connectivity index (χ0) is 13.0. The van der Waals surface area contributed by atoms with Crippen LogP contribution in [0, 0.1) is 5.92 Å². The first-order valence-electron chi connectivity index (χ1n) is 6.08. The lowest BCUT2D eigenvalue weighted by molar-refractivity contribution is 0.173. The smallest absolute Gasteiger partial charge is 0.410 e. The zero-order valence-corrected chi connectivity index (χ0v) is 10.7. The SMILES string of the molecule is CC(C)C1=CCN(C(=O)Oc2ccccc2)C=C1. The lowest BCUT2D eigenvalue weighted by atomic mass is 10.0. The van der Waals surface area contributed by atoms with E-state index in [9.17, 15) is 4.79 Å². The van der Waals surface area contributed by atoms with Crippen molar-refractivity contribution in [3.05, 3.63) is 54.3 Å². The van der Waals surface area contributed by atoms with Crippen LogP contribution in [-0.4, -0.2) is 17.5 Å². The predicted molar refractivity (Wildman–Crippen MR) is 71.2 cm³/mol. The number of nitrogens with zero attached hydrogens (tertiary/aromatic N) is 1. The molecule has 3 nitrogen and oxygen atoms in total. The van der Waals surface area contributed by atoms with Crippen LogP contribution >= 0.6 is 0 Å². The molecule has 1 aliphatic rings. The Kier molecular flexibility index (Phi) is 3.82. The Labute approximate surface area is 107 Å². The van der Waals surface area contributed by atoms with Crippen molar-refractivity contribution in [1.29, 1.82) is 0 Å². The minimum absolute atomic E-state index is 0.350. The monoisotopic (exact) mass is 243 g/mol. The van der Waals surface area contributed by atoms with Crippen molar-refractivity contribution in [3.63, 3.8) is 0 Å². The first kappa shape index (κ1) is 12.4. The average Bonchev–Trinajstić information content (AvgIpc) is 2.40. The van der Waals surface area contributed by atoms with Gasteiger partial charge in [-0.25, -0.2) is 4.79 Å². The van der Waals surface area contributed by atoms with Crippen LogP contribution in [0.25, 0.3) is 0 Å². The van der Waals surface area contributed by atoms with Gasteiger partial charge in [-0.05, 0) is 29.7 Å². The van der Waals surface area contributed by atoms with E-state index in [-0.39, 0.29) is 6.09 Å². The molecule has 0 aromatic heterocycles. The van der Waals surface area contributed by atoms with Gasteiger partial charge in [-0.15, -0.1) is 0 Å². The lowest BCUT2D eigenvalue weighted by Gasteiger charge is -2.21. The number of carbonyl (C=O) groups is 1. The highest BCUT2D eigenvalue weighted by molar-refractivity contribution is 5.72. The molecule has 0 unspecified atom stereocenters. The van der Waals surface area contributed by atoms with E-state index in [0.717, 1.165) is 0 Å². The van der Waals surface area contributed by atoms with Gasteiger partial charge in [0.25, 0.3) is 0 Å². The number of benzene rings is 1. The van der Waals surface area contributed by atoms with Gasteiger partial charge in [0.15, 0.2) is 0 Å². The fourth-order valence-corrected chi connectivity index (χ4v) is 1.72. The molecule has 1 aromatic rings. The molecule has 1 amide bonds. The van der Waals surface area contributed by atoms with Gasteiger partial charge in [-0.2, -0.15) is 0 Å². The molecule has 0 radical (unpaired) electrons. The molecule has 0 atom stereocenters. The maximum Gasteiger partial charge on any atom is 0.419 e. The summed E-state index contributed by atoms with van der Waals surface area (Å²) in [6.07, 6.45) is 5.44. The fraction of sp³-hybridized carbons (Fsp3) is 0.267. The summed E-state index contributed by atoms with van der Waals surface area (Å²) in [5, 5.41) is 0. The van der Waals surface area contributed by atoms with Gasteiger partial charge < -0.3 is 4.74 Å². The second-order valence-electron chi connectivity index (χ2n) is 4.51. The van der Waals surface area contributed by atoms with Gasteiger partial charge in [0, 0.05) is 12.7 Å². The molecule has 0 saturated carbocycles. The summed E-state index contributed by atoms with van der Waals surface area (Å²) in [6.45, 7) is 4.83. The summed E-state index contributed by atoms with van der Waals surface area (Å²) in [4.78, 5) is 13.4. The summed E-state index contributed by atoms with van der Waals surface area (Å²) in [7, 11) is 0. The Morgan fingerprint density at radius 2 is 2.00 bits per heavy atom. The molecule has 1 aliphatic heterocycles. The van der Waals surface area contributed by atoms with Gasteiger partial charge in [0.1, 0.15) is 5.75 Å². The average molecular weight is 243 g/mol. The molecule has 2 rings (SSSR count). The molecule has 18 heavy (non-hydrogen) atoms. The van der Waals surface area contributed by atoms with E-state index in [2.05, 4.69) is 19.9 Å². The number of ether oxygens (including phenoxy) is 1. The van der Waals surface area contributed by atoms with Crippen molar-refractivity contribution in [2.45, 2.75) is 13.8 Å². The Morgan fingerprint density at radius 1 is 1.28 bits per heavy atom. The van der Waals surface area contributed by atoms with Crippen LogP contribution in [0.5, 0.6) is 5.75 Å². The third kappa shape index (κ3) is 3.00. The number of amides is 1. The third-order valence-electron chi connectivity index (χ3n) is 2.82. The maximum atomic E-state index is 11.9. The maximum absolute atomic E-state index is 11.9. The fourth-order valence-electron chi connectivity index (χ4n) is 1.72. The van der Waals surface area contributed by atoms with E-state index in [1.807, 2.05) is 24.3 Å². The highest BCUT2D eigenvalue weighted by Crippen LogP contribution is 2.17. The van der Waals surface area contributed by atoms with Gasteiger partial charge in [-0.3, -0.25) is 4.90 Å². The van der Waals surface area contributed by atoms with Crippen LogP contribution in [0.2, 0.25) is 0 Å². The first-order chi connectivity index (χ1) is 8.66. The second kappa shape index (κ2) is 5.54. The number of allylic oxidation sites excluding steroid dienone is 2. The molecule has 0 aliphatic carbocycles. The van der Waals surface area contributed by atoms with Gasteiger partial charge in [-0.1, -0.05) is 38.1 Å². The van der Waals surface area contributed by atoms with E-state index < -0.39 is 0 Å². The van der Waals surface area contributed by atoms with E-state index in [1.54, 1.807) is 23.2 Å². The highest BCUT2D eigenvalue weighted by Gasteiger charge is 2.15. The van der Waals surface area contributed by atoms with Gasteiger partial charge in [0.05, 0.1) is 0 Å². The minimum Gasteiger partial charge on any atom is -0.410 e. The number of hydrogen-bond acceptors (Lipinski definition) is 2. The Hall–Kier alpha value is -2.03. The van der Waals surface area contributed by atoms with E-state index in [4.69, 9.17) is 4.74 Å². The molecule has 1 heterocycles. The van der Waals surface area contributed by atoms with Crippen molar-refractivity contribution in [3.8, 4) is 5.75 Å². The van der Waals surface area contributed by atoms with Crippen molar-refractivity contribution >= 4 is 6.09 Å². The standard InChI is InChI=1S/C15H17NO2/c1-12(2)13-8-10-16(11-9-13)15(17)18-14-6-4-3-5-7-14/h3-10,12H,11H2,1-2H3. The number of hydrogen-bond donors (Lipinski definition) is 0. The molecule has 0 fully saturated rings. The number of carbonyl (C=O) groups excluding carboxylic acids is 1. The molecule has 0 spiro atoms. The van der Waals surface area contributed by atoms with Crippen LogP contribution in [0.15, 0.2) is 54.3 Å². The van der Waals surface area contributed by atoms with Crippen molar-refractivity contribution in [2.24, 2.45) is 5.92 Å². The summed E-state index contributed by atoms with van der Waals surface area (Å²) in [5.41, 5.74) is 1.25. The summed E-state index contributed by atoms with van der Waals surface area (Å²) in [6, 6.07) is 9.09. The van der Waals surface area contributed by atoms with E-state index in [1.165, 1.54) is 5.57 Å². The number of rotatable bonds is 2. The topological polar surface area (TPSA) is 29.5 Å². The molecule has 0 saturated heterocycles. The molecule has 3 heteroatoms. The first-order valence-corrected chi connectivity index (χ1v) is 6.08. The Bertz CT molecular complexity index is 475. The largest absolute Gasteiger partial charge is 0.419 e. The van der Waals surface area contributed by atoms with Crippen LogP contribution < -0.4 is 4.74 Å². The Morgan fingerprint density at radius 3 is 2.56 bits per heavy atom. The van der Waals surface area contributed by atoms with Crippen LogP contribution in [0.3, 0.4) is 0 Å². The van der Waals surface area contributed by atoms with E-state index >= 15 is 0 Å². The summed E-state index contributed by atoms with van der Waals surface area (Å²) >= 11 is 0. The molecule has 94 valence electrons. The third-order valence-corrected chi connectivity index (χ3v) is 2.82. The minimum atomic E-state index is -0.350.